The third kappa shape index (κ3) is 3.30. The molecule has 0 aliphatic carbocycles. The lowest BCUT2D eigenvalue weighted by Crippen LogP contribution is -2.50. The molecule has 0 saturated heterocycles. The normalized spacial score (nSPS) is 18.1. The Balaban J connectivity index is 1.89. The van der Waals surface area contributed by atoms with Crippen molar-refractivity contribution in [1.82, 2.24) is 10.3 Å². The topological polar surface area (TPSA) is 66.3 Å². The number of nitrogens with zero attached hydrogens (tertiary/aromatic N) is 3. The number of para-hydroxylation sites is 1. The quantitative estimate of drug-likeness (QED) is 0.881. The summed E-state index contributed by atoms with van der Waals surface area (Å²) in [6.45, 7) is 2.10. The smallest absolute Gasteiger partial charge is 0.276 e. The molecule has 6 nitrogen and oxygen atoms in total. The molecule has 1 atom stereocenters. The average Bonchev–Trinajstić information content (AvgIpc) is 2.71. The third-order valence-corrected chi connectivity index (χ3v) is 5.42. The van der Waals surface area contributed by atoms with E-state index in [9.17, 15) is 4.79 Å². The Kier molecular flexibility index (Phi) is 4.85. The van der Waals surface area contributed by atoms with E-state index in [1.807, 2.05) is 48.5 Å². The van der Waals surface area contributed by atoms with Crippen LogP contribution in [0.25, 0.3) is 5.70 Å². The number of hydrogen-bond donors (Lipinski definition) is 1. The number of ether oxygens (including phenoxy) is 1. The van der Waals surface area contributed by atoms with Crippen LogP contribution in [0.4, 0.5) is 0 Å². The molecule has 0 fully saturated rings. The first-order chi connectivity index (χ1) is 13.2. The van der Waals surface area contributed by atoms with E-state index >= 15 is 0 Å². The number of thioether (sulfide) groups is 1. The van der Waals surface area contributed by atoms with E-state index in [0.29, 0.717) is 10.9 Å². The minimum Gasteiger partial charge on any atom is -0.497 e. The molecule has 0 saturated carbocycles. The Morgan fingerprint density at radius 3 is 2.89 bits per heavy atom. The number of carbonyl (C=O) groups excluding carboxylic acids is 1. The molecule has 4 rings (SSSR count). The van der Waals surface area contributed by atoms with Crippen LogP contribution in [0.15, 0.2) is 58.6 Å². The molecule has 2 aromatic carbocycles. The monoisotopic (exact) mass is 380 g/mol. The maximum absolute atomic E-state index is 12.9. The first-order valence-corrected chi connectivity index (χ1v) is 9.83. The van der Waals surface area contributed by atoms with Gasteiger partial charge in [-0.3, -0.25) is 15.1 Å². The van der Waals surface area contributed by atoms with Gasteiger partial charge >= 0.3 is 0 Å². The first-order valence-electron chi connectivity index (χ1n) is 8.84. The first kappa shape index (κ1) is 17.6. The van der Waals surface area contributed by atoms with Gasteiger partial charge in [0.15, 0.2) is 11.3 Å². The van der Waals surface area contributed by atoms with E-state index in [2.05, 4.69) is 12.2 Å². The van der Waals surface area contributed by atoms with Gasteiger partial charge in [0, 0.05) is 16.5 Å². The van der Waals surface area contributed by atoms with Crippen LogP contribution in [0.1, 0.15) is 25.1 Å². The second-order valence-electron chi connectivity index (χ2n) is 6.20. The molecular weight excluding hydrogens is 360 g/mol. The number of hydrogen-bond acceptors (Lipinski definition) is 6. The van der Waals surface area contributed by atoms with Crippen molar-refractivity contribution >= 4 is 28.5 Å². The van der Waals surface area contributed by atoms with Crippen molar-refractivity contribution in [2.75, 3.05) is 12.9 Å². The highest BCUT2D eigenvalue weighted by molar-refractivity contribution is 8.13. The van der Waals surface area contributed by atoms with E-state index in [-0.39, 0.29) is 5.91 Å². The van der Waals surface area contributed by atoms with Gasteiger partial charge < -0.3 is 4.74 Å². The lowest BCUT2D eigenvalue weighted by atomic mass is 10.1. The Morgan fingerprint density at radius 1 is 1.22 bits per heavy atom. The van der Waals surface area contributed by atoms with Crippen LogP contribution in [0, 0.1) is 0 Å². The lowest BCUT2D eigenvalue weighted by Gasteiger charge is -2.34. The molecule has 138 valence electrons. The predicted molar refractivity (Wildman–Crippen MR) is 107 cm³/mol. The predicted octanol–water partition coefficient (Wildman–Crippen LogP) is 1.98. The summed E-state index contributed by atoms with van der Waals surface area (Å²) < 4.78 is 5.36. The minimum atomic E-state index is -0.423. The summed E-state index contributed by atoms with van der Waals surface area (Å²) in [5.74, 6) is 1.48. The van der Waals surface area contributed by atoms with E-state index in [1.54, 1.807) is 12.1 Å². The summed E-state index contributed by atoms with van der Waals surface area (Å²) in [4.78, 5) is 17.8. The van der Waals surface area contributed by atoms with Crippen molar-refractivity contribution < 1.29 is 9.53 Å². The highest BCUT2D eigenvalue weighted by Crippen LogP contribution is 2.32. The number of amides is 1. The molecule has 1 N–H and O–H groups in total. The van der Waals surface area contributed by atoms with Gasteiger partial charge in [0.05, 0.1) is 12.5 Å². The maximum atomic E-state index is 12.9. The van der Waals surface area contributed by atoms with Gasteiger partial charge in [-0.15, -0.1) is 5.10 Å². The standard InChI is InChI=1S/C20H20N4O2S/c1-3-11-27-20-22-19(25)17-15-9-4-5-10-16(15)21-18(24(17)23-20)13-7-6-8-14(12-13)26-2/h4-10,12,18H,3,11H2,1-2H3,(H,22,23,25)/t18-/m1/s1. The number of nitrogens with one attached hydrogen (secondary N) is 1. The number of rotatable bonds is 4. The fourth-order valence-corrected chi connectivity index (χ4v) is 3.82. The molecule has 2 aliphatic heterocycles. The summed E-state index contributed by atoms with van der Waals surface area (Å²) in [5.41, 5.74) is 1.44. The molecule has 2 aliphatic rings. The Hall–Kier alpha value is -2.80. The van der Waals surface area contributed by atoms with Gasteiger partial charge in [0.2, 0.25) is 0 Å². The van der Waals surface area contributed by atoms with Gasteiger partial charge in [-0.1, -0.05) is 49.0 Å². The molecule has 0 spiro atoms. The van der Waals surface area contributed by atoms with Crippen molar-refractivity contribution in [3.8, 4) is 5.75 Å². The highest BCUT2D eigenvalue weighted by Gasteiger charge is 2.34. The molecule has 0 unspecified atom stereocenters. The maximum Gasteiger partial charge on any atom is 0.276 e. The van der Waals surface area contributed by atoms with Crippen molar-refractivity contribution in [2.24, 2.45) is 10.1 Å². The summed E-state index contributed by atoms with van der Waals surface area (Å²) >= 11 is 1.54. The fourth-order valence-electron chi connectivity index (χ4n) is 3.11. The fraction of sp³-hybridized carbons (Fsp3) is 0.250. The Bertz CT molecular complexity index is 1030. The molecule has 7 heteroatoms. The summed E-state index contributed by atoms with van der Waals surface area (Å²) in [7, 11) is 1.63. The number of amidine groups is 1. The summed E-state index contributed by atoms with van der Waals surface area (Å²) in [6, 6.07) is 15.4. The molecular formula is C20H20N4O2S. The Morgan fingerprint density at radius 2 is 2.07 bits per heavy atom. The van der Waals surface area contributed by atoms with Crippen molar-refractivity contribution in [3.05, 3.63) is 64.7 Å². The summed E-state index contributed by atoms with van der Waals surface area (Å²) in [6.07, 6.45) is 0.580. The minimum absolute atomic E-state index is 0.154. The molecule has 0 bridgehead atoms. The molecule has 1 amide bonds. The number of fused-ring (bicyclic) bond motifs is 2. The van der Waals surface area contributed by atoms with E-state index in [4.69, 9.17) is 14.8 Å². The zero-order valence-corrected chi connectivity index (χ0v) is 16.0. The van der Waals surface area contributed by atoms with Crippen LogP contribution in [-0.2, 0) is 4.79 Å². The zero-order chi connectivity index (χ0) is 18.8. The van der Waals surface area contributed by atoms with E-state index < -0.39 is 6.17 Å². The summed E-state index contributed by atoms with van der Waals surface area (Å²) in [5, 5.41) is 11.5. The van der Waals surface area contributed by atoms with E-state index in [1.165, 1.54) is 11.8 Å². The van der Waals surface area contributed by atoms with Crippen LogP contribution >= 0.6 is 11.8 Å². The van der Waals surface area contributed by atoms with Crippen molar-refractivity contribution in [2.45, 2.75) is 19.5 Å². The number of methoxy groups -OCH3 is 1. The number of hydrazone groups is 1. The lowest BCUT2D eigenvalue weighted by molar-refractivity contribution is -0.116. The molecule has 0 radical (unpaired) electrons. The van der Waals surface area contributed by atoms with Gasteiger partial charge in [-0.2, -0.15) is 0 Å². The van der Waals surface area contributed by atoms with Gasteiger partial charge in [-0.25, -0.2) is 5.01 Å². The second-order valence-corrected chi connectivity index (χ2v) is 7.28. The van der Waals surface area contributed by atoms with Crippen LogP contribution in [-0.4, -0.2) is 28.9 Å². The Labute approximate surface area is 161 Å². The van der Waals surface area contributed by atoms with Crippen LogP contribution in [0.3, 0.4) is 0 Å². The molecule has 2 heterocycles. The molecule has 0 aromatic heterocycles. The van der Waals surface area contributed by atoms with Crippen molar-refractivity contribution in [3.63, 3.8) is 0 Å². The van der Waals surface area contributed by atoms with Gasteiger partial charge in [0.1, 0.15) is 11.4 Å². The molecule has 2 aromatic rings. The number of benzene rings is 2. The van der Waals surface area contributed by atoms with Crippen LogP contribution in [0.5, 0.6) is 5.75 Å². The second kappa shape index (κ2) is 7.44. The van der Waals surface area contributed by atoms with Gasteiger partial charge in [-0.05, 0) is 24.6 Å². The van der Waals surface area contributed by atoms with Crippen molar-refractivity contribution in [1.29, 1.82) is 0 Å². The SMILES string of the molecule is CCCSC1=NN2C(=c3ccccc3=N[C@H]2c2cccc(OC)c2)C(=O)N1. The highest BCUT2D eigenvalue weighted by atomic mass is 32.2. The van der Waals surface area contributed by atoms with Crippen LogP contribution < -0.4 is 20.6 Å². The largest absolute Gasteiger partial charge is 0.497 e. The third-order valence-electron chi connectivity index (χ3n) is 4.35. The van der Waals surface area contributed by atoms with Gasteiger partial charge in [0.25, 0.3) is 5.91 Å². The number of carbonyl (C=O) groups is 1. The zero-order valence-electron chi connectivity index (χ0n) is 15.2. The van der Waals surface area contributed by atoms with E-state index in [0.717, 1.165) is 34.1 Å². The average molecular weight is 380 g/mol. The van der Waals surface area contributed by atoms with Crippen LogP contribution in [0.2, 0.25) is 0 Å². The molecule has 27 heavy (non-hydrogen) atoms.